The minimum atomic E-state index is -1.48. The standard InChI is InChI=1S/C6H8O6.Na/c7-1-2(8)5-3(9)4(10)6(11)12-5;/h2,5,7-8,10-11H,1H2;/q;+1/p-1/t2-,5-;/m1./s1. The number of ether oxygens (including phenoxy) is 1. The number of aliphatic hydroxyl groups excluding tert-OH is 3. The summed E-state index contributed by atoms with van der Waals surface area (Å²) in [7, 11) is 0. The maximum absolute atomic E-state index is 10.8. The smallest absolute Gasteiger partial charge is 0.596 e. The van der Waals surface area contributed by atoms with Crippen LogP contribution in [0.25, 0.3) is 0 Å². The molecule has 1 rings (SSSR count). The van der Waals surface area contributed by atoms with Gasteiger partial charge in [-0.15, -0.1) is 0 Å². The molecule has 0 spiro atoms. The molecular weight excluding hydrogens is 191 g/mol. The largest absolute Gasteiger partial charge is 1.00 e. The normalized spacial score (nSPS) is 23.8. The molecule has 0 bridgehead atoms. The van der Waals surface area contributed by atoms with Crippen molar-refractivity contribution in [3.63, 3.8) is 0 Å². The molecule has 3 N–H and O–H groups in total. The summed E-state index contributed by atoms with van der Waals surface area (Å²) >= 11 is 0. The van der Waals surface area contributed by atoms with E-state index in [0.717, 1.165) is 0 Å². The second-order valence-corrected chi connectivity index (χ2v) is 2.29. The van der Waals surface area contributed by atoms with Crippen LogP contribution in [0.15, 0.2) is 11.7 Å². The summed E-state index contributed by atoms with van der Waals surface area (Å²) in [6, 6.07) is 0. The Kier molecular flexibility index (Phi) is 4.72. The first-order valence-electron chi connectivity index (χ1n) is 3.18. The molecule has 6 nitrogen and oxygen atoms in total. The van der Waals surface area contributed by atoms with Crippen LogP contribution in [-0.2, 0) is 9.53 Å². The zero-order valence-electron chi connectivity index (χ0n) is 6.93. The first-order valence-corrected chi connectivity index (χ1v) is 3.18. The minimum Gasteiger partial charge on any atom is -0.596 e. The van der Waals surface area contributed by atoms with Gasteiger partial charge in [0.2, 0.25) is 5.78 Å². The molecule has 13 heavy (non-hydrogen) atoms. The summed E-state index contributed by atoms with van der Waals surface area (Å²) in [6.07, 6.45) is -2.95. The summed E-state index contributed by atoms with van der Waals surface area (Å²) < 4.78 is 4.25. The molecular formula is C6H7NaO6. The molecule has 7 heteroatoms. The molecule has 0 aromatic carbocycles. The van der Waals surface area contributed by atoms with Gasteiger partial charge in [0, 0.05) is 0 Å². The van der Waals surface area contributed by atoms with Crippen molar-refractivity contribution in [3.8, 4) is 0 Å². The minimum absolute atomic E-state index is 0. The topological polar surface area (TPSA) is 110 Å². The van der Waals surface area contributed by atoms with Crippen LogP contribution in [0.4, 0.5) is 0 Å². The first kappa shape index (κ1) is 12.7. The summed E-state index contributed by atoms with van der Waals surface area (Å²) in [5.41, 5.74) is 0. The fraction of sp³-hybridized carbons (Fsp3) is 0.500. The SMILES string of the molecule is O=C1C(O)=C([O-])O[C@@H]1[C@H](O)CO.[Na+]. The molecule has 0 aliphatic carbocycles. The van der Waals surface area contributed by atoms with Gasteiger partial charge < -0.3 is 25.2 Å². The molecule has 0 radical (unpaired) electrons. The molecule has 1 aliphatic heterocycles. The van der Waals surface area contributed by atoms with Crippen molar-refractivity contribution in [2.45, 2.75) is 12.2 Å². The van der Waals surface area contributed by atoms with Crippen LogP contribution in [-0.4, -0.2) is 39.9 Å². The van der Waals surface area contributed by atoms with Crippen molar-refractivity contribution in [3.05, 3.63) is 11.7 Å². The number of carbonyl (C=O) groups is 1. The molecule has 2 atom stereocenters. The Labute approximate surface area is 95.7 Å². The van der Waals surface area contributed by atoms with Gasteiger partial charge in [-0.3, -0.25) is 4.79 Å². The van der Waals surface area contributed by atoms with Gasteiger partial charge in [-0.2, -0.15) is 0 Å². The van der Waals surface area contributed by atoms with Crippen molar-refractivity contribution in [1.82, 2.24) is 0 Å². The molecule has 0 saturated carbocycles. The van der Waals surface area contributed by atoms with Crippen molar-refractivity contribution in [1.29, 1.82) is 0 Å². The summed E-state index contributed by atoms with van der Waals surface area (Å²) in [6.45, 7) is -0.711. The number of Topliss-reactive ketones (excluding diaryl/α,β-unsaturated/α-hetero) is 1. The number of rotatable bonds is 2. The Balaban J connectivity index is 0.00000144. The van der Waals surface area contributed by atoms with E-state index in [0.29, 0.717) is 0 Å². The van der Waals surface area contributed by atoms with E-state index < -0.39 is 36.3 Å². The first-order chi connectivity index (χ1) is 5.57. The van der Waals surface area contributed by atoms with Crippen LogP contribution < -0.4 is 34.7 Å². The molecule has 0 saturated heterocycles. The Hall–Kier alpha value is -0.270. The average molecular weight is 198 g/mol. The van der Waals surface area contributed by atoms with E-state index in [4.69, 9.17) is 15.3 Å². The maximum Gasteiger partial charge on any atom is 1.00 e. The van der Waals surface area contributed by atoms with Gasteiger partial charge in [0.05, 0.1) is 18.7 Å². The fourth-order valence-corrected chi connectivity index (χ4v) is 0.809. The van der Waals surface area contributed by atoms with E-state index in [1.807, 2.05) is 0 Å². The second-order valence-electron chi connectivity index (χ2n) is 2.29. The van der Waals surface area contributed by atoms with Crippen molar-refractivity contribution in [2.24, 2.45) is 0 Å². The van der Waals surface area contributed by atoms with Crippen LogP contribution in [0.2, 0.25) is 0 Å². The summed E-state index contributed by atoms with van der Waals surface area (Å²) in [5, 5.41) is 36.5. The number of carbonyl (C=O) groups excluding carboxylic acids is 1. The molecule has 0 unspecified atom stereocenters. The third-order valence-corrected chi connectivity index (χ3v) is 1.46. The predicted molar refractivity (Wildman–Crippen MR) is 32.6 cm³/mol. The molecule has 1 aliphatic rings. The van der Waals surface area contributed by atoms with Crippen LogP contribution >= 0.6 is 0 Å². The number of ketones is 1. The van der Waals surface area contributed by atoms with E-state index in [2.05, 4.69) is 4.74 Å². The quantitative estimate of drug-likeness (QED) is 0.381. The Morgan fingerprint density at radius 2 is 2.15 bits per heavy atom. The van der Waals surface area contributed by atoms with E-state index in [1.165, 1.54) is 0 Å². The van der Waals surface area contributed by atoms with Crippen LogP contribution in [0.5, 0.6) is 0 Å². The summed E-state index contributed by atoms with van der Waals surface area (Å²) in [5.74, 6) is -3.20. The summed E-state index contributed by atoms with van der Waals surface area (Å²) in [4.78, 5) is 10.8. The van der Waals surface area contributed by atoms with E-state index in [9.17, 15) is 9.90 Å². The van der Waals surface area contributed by atoms with Gasteiger partial charge in [-0.25, -0.2) is 0 Å². The Bertz CT molecular complexity index is 237. The third-order valence-electron chi connectivity index (χ3n) is 1.46. The average Bonchev–Trinajstić information content (AvgIpc) is 2.32. The van der Waals surface area contributed by atoms with E-state index in [-0.39, 0.29) is 29.6 Å². The maximum atomic E-state index is 10.8. The van der Waals surface area contributed by atoms with Crippen LogP contribution in [0.1, 0.15) is 0 Å². The fourth-order valence-electron chi connectivity index (χ4n) is 0.809. The number of aliphatic hydroxyl groups is 3. The van der Waals surface area contributed by atoms with Crippen molar-refractivity contribution < 1.29 is 59.5 Å². The van der Waals surface area contributed by atoms with Crippen LogP contribution in [0.3, 0.4) is 0 Å². The van der Waals surface area contributed by atoms with Gasteiger partial charge in [0.1, 0.15) is 6.10 Å². The third kappa shape index (κ3) is 2.35. The number of hydrogen-bond acceptors (Lipinski definition) is 6. The van der Waals surface area contributed by atoms with Crippen LogP contribution in [0, 0.1) is 0 Å². The predicted octanol–water partition coefficient (Wildman–Crippen LogP) is -5.60. The van der Waals surface area contributed by atoms with Gasteiger partial charge >= 0.3 is 29.6 Å². The zero-order chi connectivity index (χ0) is 9.30. The number of hydrogen-bond donors (Lipinski definition) is 3. The van der Waals surface area contributed by atoms with Gasteiger partial charge in [-0.05, 0) is 0 Å². The molecule has 0 amide bonds. The zero-order valence-corrected chi connectivity index (χ0v) is 8.93. The Morgan fingerprint density at radius 3 is 2.46 bits per heavy atom. The molecule has 1 heterocycles. The second kappa shape index (κ2) is 4.83. The molecule has 0 fully saturated rings. The molecule has 0 aromatic rings. The monoisotopic (exact) mass is 198 g/mol. The molecule has 68 valence electrons. The van der Waals surface area contributed by atoms with E-state index in [1.54, 1.807) is 0 Å². The van der Waals surface area contributed by atoms with Gasteiger partial charge in [0.25, 0.3) is 0 Å². The van der Waals surface area contributed by atoms with Gasteiger partial charge in [-0.1, -0.05) is 0 Å². The molecule has 0 aromatic heterocycles. The Morgan fingerprint density at radius 1 is 1.62 bits per heavy atom. The van der Waals surface area contributed by atoms with Crippen molar-refractivity contribution >= 4 is 5.78 Å². The van der Waals surface area contributed by atoms with Gasteiger partial charge in [0.15, 0.2) is 5.76 Å². The van der Waals surface area contributed by atoms with E-state index >= 15 is 0 Å². The van der Waals surface area contributed by atoms with Crippen molar-refractivity contribution in [2.75, 3.05) is 6.61 Å².